The highest BCUT2D eigenvalue weighted by Crippen LogP contribution is 2.25. The van der Waals surface area contributed by atoms with Gasteiger partial charge in [0.1, 0.15) is 5.25 Å². The summed E-state index contributed by atoms with van der Waals surface area (Å²) in [5.41, 5.74) is 0. The van der Waals surface area contributed by atoms with E-state index in [1.165, 1.54) is 0 Å². The lowest BCUT2D eigenvalue weighted by atomic mass is 9.99. The van der Waals surface area contributed by atoms with Crippen LogP contribution in [0, 0.1) is 0 Å². The molecular weight excluding hydrogens is 224 g/mol. The van der Waals surface area contributed by atoms with Crippen LogP contribution in [-0.4, -0.2) is 19.5 Å². The number of carbonyl (C=O) groups is 1. The SMILES string of the molecule is O=C1CCCC[C@@H]1S(=O)(=O)c1ccccc1. The number of rotatable bonds is 2. The van der Waals surface area contributed by atoms with Gasteiger partial charge in [-0.05, 0) is 25.0 Å². The van der Waals surface area contributed by atoms with Crippen molar-refractivity contribution in [1.82, 2.24) is 0 Å². The van der Waals surface area contributed by atoms with Crippen LogP contribution in [-0.2, 0) is 14.6 Å². The predicted octanol–water partition coefficient (Wildman–Crippen LogP) is 1.97. The summed E-state index contributed by atoms with van der Waals surface area (Å²) < 4.78 is 24.4. The van der Waals surface area contributed by atoms with E-state index in [9.17, 15) is 13.2 Å². The average Bonchev–Trinajstić information content (AvgIpc) is 2.30. The molecule has 1 aliphatic carbocycles. The molecule has 1 fully saturated rings. The quantitative estimate of drug-likeness (QED) is 0.791. The van der Waals surface area contributed by atoms with Gasteiger partial charge in [-0.2, -0.15) is 0 Å². The fraction of sp³-hybridized carbons (Fsp3) is 0.417. The fourth-order valence-electron chi connectivity index (χ4n) is 2.05. The number of benzene rings is 1. The monoisotopic (exact) mass is 238 g/mol. The highest BCUT2D eigenvalue weighted by atomic mass is 32.2. The van der Waals surface area contributed by atoms with Crippen LogP contribution in [0.25, 0.3) is 0 Å². The Balaban J connectivity index is 2.35. The number of carbonyl (C=O) groups excluding carboxylic acids is 1. The second kappa shape index (κ2) is 4.37. The first kappa shape index (κ1) is 11.3. The van der Waals surface area contributed by atoms with Crippen molar-refractivity contribution in [3.63, 3.8) is 0 Å². The molecule has 0 N–H and O–H groups in total. The van der Waals surface area contributed by atoms with Gasteiger partial charge in [-0.3, -0.25) is 4.79 Å². The molecular formula is C12H14O3S. The van der Waals surface area contributed by atoms with Crippen LogP contribution in [0.5, 0.6) is 0 Å². The van der Waals surface area contributed by atoms with Crippen LogP contribution in [0.4, 0.5) is 0 Å². The van der Waals surface area contributed by atoms with Crippen molar-refractivity contribution in [2.45, 2.75) is 35.8 Å². The third kappa shape index (κ3) is 2.02. The van der Waals surface area contributed by atoms with Gasteiger partial charge in [-0.1, -0.05) is 24.6 Å². The van der Waals surface area contributed by atoms with Gasteiger partial charge >= 0.3 is 0 Å². The Bertz CT molecular complexity index is 476. The van der Waals surface area contributed by atoms with Gasteiger partial charge in [0.05, 0.1) is 4.90 Å². The Kier molecular flexibility index (Phi) is 3.10. The molecule has 16 heavy (non-hydrogen) atoms. The van der Waals surface area contributed by atoms with Crippen molar-refractivity contribution in [3.05, 3.63) is 30.3 Å². The Morgan fingerprint density at radius 3 is 2.38 bits per heavy atom. The summed E-state index contributed by atoms with van der Waals surface area (Å²) in [4.78, 5) is 11.9. The summed E-state index contributed by atoms with van der Waals surface area (Å²) in [6.07, 6.45) is 2.51. The van der Waals surface area contributed by atoms with E-state index in [4.69, 9.17) is 0 Å². The zero-order chi connectivity index (χ0) is 11.6. The Labute approximate surface area is 95.4 Å². The predicted molar refractivity (Wildman–Crippen MR) is 60.9 cm³/mol. The van der Waals surface area contributed by atoms with Crippen LogP contribution in [0.1, 0.15) is 25.7 Å². The Morgan fingerprint density at radius 1 is 1.06 bits per heavy atom. The van der Waals surface area contributed by atoms with E-state index in [-0.39, 0.29) is 10.7 Å². The molecule has 0 saturated heterocycles. The lowest BCUT2D eigenvalue weighted by molar-refractivity contribution is -0.119. The molecule has 2 rings (SSSR count). The molecule has 0 radical (unpaired) electrons. The van der Waals surface area contributed by atoms with E-state index < -0.39 is 15.1 Å². The van der Waals surface area contributed by atoms with E-state index in [1.807, 2.05) is 0 Å². The maximum absolute atomic E-state index is 12.2. The van der Waals surface area contributed by atoms with Gasteiger partial charge in [0.15, 0.2) is 15.6 Å². The summed E-state index contributed by atoms with van der Waals surface area (Å²) in [7, 11) is -3.46. The summed E-state index contributed by atoms with van der Waals surface area (Å²) in [5.74, 6) is -0.130. The summed E-state index contributed by atoms with van der Waals surface area (Å²) in [6.45, 7) is 0. The van der Waals surface area contributed by atoms with Gasteiger partial charge < -0.3 is 0 Å². The largest absolute Gasteiger partial charge is 0.298 e. The smallest absolute Gasteiger partial charge is 0.188 e. The van der Waals surface area contributed by atoms with Gasteiger partial charge in [-0.25, -0.2) is 8.42 Å². The minimum Gasteiger partial charge on any atom is -0.298 e. The molecule has 0 amide bonds. The molecule has 0 unspecified atom stereocenters. The van der Waals surface area contributed by atoms with Crippen LogP contribution in [0.15, 0.2) is 35.2 Å². The highest BCUT2D eigenvalue weighted by molar-refractivity contribution is 7.92. The van der Waals surface area contributed by atoms with Crippen molar-refractivity contribution in [2.24, 2.45) is 0 Å². The number of Topliss-reactive ketones (excluding diaryl/α,β-unsaturated/α-hetero) is 1. The fourth-order valence-corrected chi connectivity index (χ4v) is 3.86. The van der Waals surface area contributed by atoms with Crippen molar-refractivity contribution < 1.29 is 13.2 Å². The van der Waals surface area contributed by atoms with Crippen LogP contribution in [0.2, 0.25) is 0 Å². The third-order valence-electron chi connectivity index (χ3n) is 2.94. The number of ketones is 1. The van der Waals surface area contributed by atoms with Crippen molar-refractivity contribution >= 4 is 15.6 Å². The topological polar surface area (TPSA) is 51.2 Å². The molecule has 3 nitrogen and oxygen atoms in total. The Hall–Kier alpha value is -1.16. The molecule has 0 bridgehead atoms. The van der Waals surface area contributed by atoms with Gasteiger partial charge in [0.2, 0.25) is 0 Å². The lowest BCUT2D eigenvalue weighted by Gasteiger charge is -2.20. The first-order chi connectivity index (χ1) is 7.62. The molecule has 1 aliphatic rings. The maximum Gasteiger partial charge on any atom is 0.188 e. The second-order valence-corrected chi connectivity index (χ2v) is 6.19. The molecule has 1 saturated carbocycles. The molecule has 86 valence electrons. The lowest BCUT2D eigenvalue weighted by Crippen LogP contribution is -2.33. The van der Waals surface area contributed by atoms with E-state index >= 15 is 0 Å². The summed E-state index contributed by atoms with van der Waals surface area (Å²) in [5, 5.41) is -0.816. The zero-order valence-corrected chi connectivity index (χ0v) is 9.74. The standard InChI is InChI=1S/C12H14O3S/c13-11-8-4-5-9-12(11)16(14,15)10-6-2-1-3-7-10/h1-3,6-7,12H,4-5,8-9H2/t12-/m0/s1. The first-order valence-electron chi connectivity index (χ1n) is 5.44. The zero-order valence-electron chi connectivity index (χ0n) is 8.93. The van der Waals surface area contributed by atoms with Gasteiger partial charge in [0.25, 0.3) is 0 Å². The van der Waals surface area contributed by atoms with Gasteiger partial charge in [0, 0.05) is 6.42 Å². The number of sulfone groups is 1. The minimum atomic E-state index is -3.46. The molecule has 1 atom stereocenters. The van der Waals surface area contributed by atoms with E-state index in [0.717, 1.165) is 12.8 Å². The molecule has 0 heterocycles. The summed E-state index contributed by atoms with van der Waals surface area (Å²) >= 11 is 0. The molecule has 1 aromatic carbocycles. The third-order valence-corrected chi connectivity index (χ3v) is 5.12. The summed E-state index contributed by atoms with van der Waals surface area (Å²) in [6, 6.07) is 8.23. The minimum absolute atomic E-state index is 0.130. The van der Waals surface area contributed by atoms with E-state index in [2.05, 4.69) is 0 Å². The number of hydrogen-bond acceptors (Lipinski definition) is 3. The van der Waals surface area contributed by atoms with Crippen molar-refractivity contribution in [1.29, 1.82) is 0 Å². The molecule has 0 aromatic heterocycles. The van der Waals surface area contributed by atoms with Crippen molar-refractivity contribution in [3.8, 4) is 0 Å². The molecule has 1 aromatic rings. The number of hydrogen-bond donors (Lipinski definition) is 0. The molecule has 4 heteroatoms. The molecule has 0 spiro atoms. The normalized spacial score (nSPS) is 22.0. The van der Waals surface area contributed by atoms with Crippen LogP contribution in [0.3, 0.4) is 0 Å². The van der Waals surface area contributed by atoms with E-state index in [1.54, 1.807) is 30.3 Å². The Morgan fingerprint density at radius 2 is 1.75 bits per heavy atom. The van der Waals surface area contributed by atoms with Gasteiger partial charge in [-0.15, -0.1) is 0 Å². The second-order valence-electron chi connectivity index (χ2n) is 4.06. The highest BCUT2D eigenvalue weighted by Gasteiger charge is 2.34. The van der Waals surface area contributed by atoms with E-state index in [0.29, 0.717) is 12.8 Å². The molecule has 0 aliphatic heterocycles. The van der Waals surface area contributed by atoms with Crippen LogP contribution < -0.4 is 0 Å². The average molecular weight is 238 g/mol. The first-order valence-corrected chi connectivity index (χ1v) is 6.98. The maximum atomic E-state index is 12.2. The van der Waals surface area contributed by atoms with Crippen molar-refractivity contribution in [2.75, 3.05) is 0 Å². The van der Waals surface area contributed by atoms with Crippen LogP contribution >= 0.6 is 0 Å².